The highest BCUT2D eigenvalue weighted by atomic mass is 35.5. The third kappa shape index (κ3) is 2.55. The maximum Gasteiger partial charge on any atom is 0.327 e. The molecule has 10 heteroatoms. The molecule has 0 spiro atoms. The van der Waals surface area contributed by atoms with Gasteiger partial charge in [0.05, 0.1) is 25.9 Å². The SMILES string of the molecule is COc1cc(OC)c(F)c(N2C(=O)Nc3c(cnc(N)c3Cl)C2C)c1F. The molecule has 2 heterocycles. The summed E-state index contributed by atoms with van der Waals surface area (Å²) >= 11 is 6.08. The average Bonchev–Trinajstić information content (AvgIpc) is 2.61. The number of amides is 2. The molecule has 1 aliphatic heterocycles. The molecule has 7 nitrogen and oxygen atoms in total. The normalized spacial score (nSPS) is 16.2. The van der Waals surface area contributed by atoms with Crippen molar-refractivity contribution in [1.82, 2.24) is 4.98 Å². The molecule has 2 aromatic rings. The number of rotatable bonds is 3. The molecule has 0 saturated heterocycles. The highest BCUT2D eigenvalue weighted by molar-refractivity contribution is 6.36. The van der Waals surface area contributed by atoms with Crippen LogP contribution in [0, 0.1) is 11.6 Å². The number of aromatic nitrogens is 1. The quantitative estimate of drug-likeness (QED) is 0.841. The Kier molecular flexibility index (Phi) is 4.49. The predicted octanol–water partition coefficient (Wildman–Crippen LogP) is 3.73. The van der Waals surface area contributed by atoms with E-state index in [1.54, 1.807) is 6.92 Å². The van der Waals surface area contributed by atoms with Crippen molar-refractivity contribution >= 4 is 34.8 Å². The van der Waals surface area contributed by atoms with E-state index in [-0.39, 0.29) is 28.0 Å². The van der Waals surface area contributed by atoms with E-state index in [0.717, 1.165) is 11.0 Å². The third-order valence-electron chi connectivity index (χ3n) is 4.16. The van der Waals surface area contributed by atoms with Crippen LogP contribution in [0.2, 0.25) is 5.02 Å². The van der Waals surface area contributed by atoms with E-state index in [1.165, 1.54) is 20.4 Å². The van der Waals surface area contributed by atoms with E-state index in [1.807, 2.05) is 0 Å². The molecule has 1 unspecified atom stereocenters. The molecule has 1 aromatic heterocycles. The largest absolute Gasteiger partial charge is 0.493 e. The number of carbonyl (C=O) groups is 1. The summed E-state index contributed by atoms with van der Waals surface area (Å²) in [5.41, 5.74) is 5.74. The molecular formula is C16H15ClF2N4O3. The minimum absolute atomic E-state index is 0.0341. The van der Waals surface area contributed by atoms with Gasteiger partial charge in [0.25, 0.3) is 0 Å². The lowest BCUT2D eigenvalue weighted by Crippen LogP contribution is -2.42. The molecule has 0 bridgehead atoms. The Bertz CT molecular complexity index is 882. The number of anilines is 3. The Morgan fingerprint density at radius 3 is 2.38 bits per heavy atom. The van der Waals surface area contributed by atoms with Crippen LogP contribution in [0.3, 0.4) is 0 Å². The fourth-order valence-corrected chi connectivity index (χ4v) is 3.03. The van der Waals surface area contributed by atoms with Crippen LogP contribution in [0.5, 0.6) is 11.5 Å². The molecular weight excluding hydrogens is 370 g/mol. The zero-order chi connectivity index (χ0) is 19.2. The number of hydrogen-bond donors (Lipinski definition) is 2. The van der Waals surface area contributed by atoms with Crippen LogP contribution in [0.15, 0.2) is 12.3 Å². The Morgan fingerprint density at radius 2 is 1.85 bits per heavy atom. The number of nitrogens with zero attached hydrogens (tertiary/aromatic N) is 2. The lowest BCUT2D eigenvalue weighted by atomic mass is 10.0. The van der Waals surface area contributed by atoms with Crippen molar-refractivity contribution in [3.05, 3.63) is 34.5 Å². The van der Waals surface area contributed by atoms with E-state index in [4.69, 9.17) is 26.8 Å². The van der Waals surface area contributed by atoms with Crippen molar-refractivity contribution in [2.75, 3.05) is 30.2 Å². The number of ether oxygens (including phenoxy) is 2. The summed E-state index contributed by atoms with van der Waals surface area (Å²) in [6.45, 7) is 1.58. The number of fused-ring (bicyclic) bond motifs is 1. The van der Waals surface area contributed by atoms with Gasteiger partial charge in [-0.1, -0.05) is 11.6 Å². The molecule has 1 atom stereocenters. The van der Waals surface area contributed by atoms with Gasteiger partial charge < -0.3 is 20.5 Å². The maximum absolute atomic E-state index is 14.8. The lowest BCUT2D eigenvalue weighted by molar-refractivity contribution is 0.253. The summed E-state index contributed by atoms with van der Waals surface area (Å²) in [5.74, 6) is -2.57. The fraction of sp³-hybridized carbons (Fsp3) is 0.250. The highest BCUT2D eigenvalue weighted by Gasteiger charge is 2.37. The van der Waals surface area contributed by atoms with E-state index < -0.39 is 29.4 Å². The number of pyridine rings is 1. The zero-order valence-electron chi connectivity index (χ0n) is 14.1. The first-order chi connectivity index (χ1) is 12.3. The molecule has 0 saturated carbocycles. The minimum atomic E-state index is -1.04. The summed E-state index contributed by atoms with van der Waals surface area (Å²) in [4.78, 5) is 17.5. The van der Waals surface area contributed by atoms with Crippen molar-refractivity contribution in [2.24, 2.45) is 0 Å². The summed E-state index contributed by atoms with van der Waals surface area (Å²) in [7, 11) is 2.45. The summed E-state index contributed by atoms with van der Waals surface area (Å²) < 4.78 is 39.4. The van der Waals surface area contributed by atoms with Crippen molar-refractivity contribution in [2.45, 2.75) is 13.0 Å². The fourth-order valence-electron chi connectivity index (χ4n) is 2.82. The summed E-state index contributed by atoms with van der Waals surface area (Å²) in [6.07, 6.45) is 1.39. The van der Waals surface area contributed by atoms with Crippen molar-refractivity contribution in [1.29, 1.82) is 0 Å². The first-order valence-electron chi connectivity index (χ1n) is 7.45. The first kappa shape index (κ1) is 18.0. The monoisotopic (exact) mass is 384 g/mol. The van der Waals surface area contributed by atoms with Gasteiger partial charge in [-0.05, 0) is 6.92 Å². The maximum atomic E-state index is 14.8. The van der Waals surface area contributed by atoms with Crippen LogP contribution in [0.25, 0.3) is 0 Å². The Labute approximate surface area is 152 Å². The second-order valence-electron chi connectivity index (χ2n) is 5.52. The molecule has 1 aliphatic rings. The van der Waals surface area contributed by atoms with Gasteiger partial charge in [0.2, 0.25) is 0 Å². The number of nitrogens with one attached hydrogen (secondary N) is 1. The number of hydrogen-bond acceptors (Lipinski definition) is 5. The van der Waals surface area contributed by atoms with Crippen LogP contribution in [-0.4, -0.2) is 25.2 Å². The number of halogens is 3. The highest BCUT2D eigenvalue weighted by Crippen LogP contribution is 2.45. The van der Waals surface area contributed by atoms with Gasteiger partial charge in [-0.3, -0.25) is 4.90 Å². The van der Waals surface area contributed by atoms with Crippen LogP contribution < -0.4 is 25.4 Å². The molecule has 3 N–H and O–H groups in total. The number of methoxy groups -OCH3 is 2. The third-order valence-corrected chi connectivity index (χ3v) is 4.54. The second-order valence-corrected chi connectivity index (χ2v) is 5.90. The average molecular weight is 385 g/mol. The minimum Gasteiger partial charge on any atom is -0.493 e. The van der Waals surface area contributed by atoms with E-state index >= 15 is 0 Å². The van der Waals surface area contributed by atoms with Crippen molar-refractivity contribution in [3.8, 4) is 11.5 Å². The number of nitrogens with two attached hydrogens (primary N) is 1. The van der Waals surface area contributed by atoms with Crippen LogP contribution in [-0.2, 0) is 0 Å². The Hall–Kier alpha value is -2.81. The number of urea groups is 1. The van der Waals surface area contributed by atoms with Gasteiger partial charge in [0.15, 0.2) is 23.1 Å². The molecule has 138 valence electrons. The molecule has 0 radical (unpaired) electrons. The Morgan fingerprint density at radius 1 is 1.27 bits per heavy atom. The topological polar surface area (TPSA) is 89.7 Å². The van der Waals surface area contributed by atoms with Gasteiger partial charge in [0, 0.05) is 17.8 Å². The predicted molar refractivity (Wildman–Crippen MR) is 93.0 cm³/mol. The van der Waals surface area contributed by atoms with E-state index in [2.05, 4.69) is 10.3 Å². The van der Waals surface area contributed by atoms with Crippen LogP contribution in [0.4, 0.5) is 30.8 Å². The van der Waals surface area contributed by atoms with Gasteiger partial charge in [-0.15, -0.1) is 0 Å². The number of nitrogen functional groups attached to an aromatic ring is 1. The molecule has 1 aromatic carbocycles. The lowest BCUT2D eigenvalue weighted by Gasteiger charge is -2.36. The molecule has 26 heavy (non-hydrogen) atoms. The summed E-state index contributed by atoms with van der Waals surface area (Å²) in [5, 5.41) is 2.56. The van der Waals surface area contributed by atoms with Crippen LogP contribution in [0.1, 0.15) is 18.5 Å². The number of carbonyl (C=O) groups excluding carboxylic acids is 1. The van der Waals surface area contributed by atoms with Gasteiger partial charge >= 0.3 is 6.03 Å². The van der Waals surface area contributed by atoms with Crippen molar-refractivity contribution in [3.63, 3.8) is 0 Å². The van der Waals surface area contributed by atoms with E-state index in [0.29, 0.717) is 5.56 Å². The smallest absolute Gasteiger partial charge is 0.327 e. The molecule has 3 rings (SSSR count). The molecule has 0 fully saturated rings. The standard InChI is InChI=1S/C16H15ClF2N4O3/c1-6-7-5-21-15(20)10(17)13(7)22-16(24)23(6)14-11(18)8(25-2)4-9(26-3)12(14)19/h4-6H,1-3H3,(H2,20,21)(H,22,24). The van der Waals surface area contributed by atoms with E-state index in [9.17, 15) is 13.6 Å². The van der Waals surface area contributed by atoms with Gasteiger partial charge in [-0.25, -0.2) is 18.6 Å². The molecule has 2 amide bonds. The number of benzene rings is 1. The van der Waals surface area contributed by atoms with Gasteiger partial charge in [-0.2, -0.15) is 0 Å². The van der Waals surface area contributed by atoms with Crippen molar-refractivity contribution < 1.29 is 23.0 Å². The van der Waals surface area contributed by atoms with Gasteiger partial charge in [0.1, 0.15) is 16.5 Å². The molecule has 0 aliphatic carbocycles. The zero-order valence-corrected chi connectivity index (χ0v) is 14.8. The first-order valence-corrected chi connectivity index (χ1v) is 7.83. The Balaban J connectivity index is 2.22. The summed E-state index contributed by atoms with van der Waals surface area (Å²) in [6, 6.07) is -0.510. The van der Waals surface area contributed by atoms with Crippen LogP contribution >= 0.6 is 11.6 Å². The second kappa shape index (κ2) is 6.49.